The average Bonchev–Trinajstić information content (AvgIpc) is 3.08. The summed E-state index contributed by atoms with van der Waals surface area (Å²) >= 11 is 1.76. The van der Waals surface area contributed by atoms with E-state index in [4.69, 9.17) is 0 Å². The molecule has 0 amide bonds. The van der Waals surface area contributed by atoms with Crippen molar-refractivity contribution in [2.75, 3.05) is 19.6 Å². The number of aliphatic hydroxyl groups excluding tert-OH is 1. The second kappa shape index (κ2) is 8.40. The summed E-state index contributed by atoms with van der Waals surface area (Å²) in [5.74, 6) is 0. The number of nitrogens with zero attached hydrogens (tertiary/aromatic N) is 2. The molecule has 0 spiro atoms. The van der Waals surface area contributed by atoms with Crippen molar-refractivity contribution < 1.29 is 10.0 Å². The second-order valence-corrected chi connectivity index (χ2v) is 7.18. The Morgan fingerprint density at radius 1 is 1.23 bits per heavy atom. The van der Waals surface area contributed by atoms with Crippen LogP contribution in [0, 0.1) is 10.1 Å². The molecule has 0 aliphatic carbocycles. The van der Waals surface area contributed by atoms with E-state index in [-0.39, 0.29) is 5.69 Å². The molecule has 0 saturated heterocycles. The Labute approximate surface area is 156 Å². The van der Waals surface area contributed by atoms with Gasteiger partial charge in [0.1, 0.15) is 0 Å². The molecule has 2 aromatic carbocycles. The Hall–Kier alpha value is -2.28. The van der Waals surface area contributed by atoms with Crippen molar-refractivity contribution in [2.45, 2.75) is 19.4 Å². The van der Waals surface area contributed by atoms with Crippen LogP contribution in [-0.4, -0.2) is 34.6 Å². The molecule has 1 N–H and O–H groups in total. The number of hydrogen-bond acceptors (Lipinski definition) is 5. The van der Waals surface area contributed by atoms with Gasteiger partial charge in [0.15, 0.2) is 0 Å². The minimum Gasteiger partial charge on any atom is -0.387 e. The molecular formula is C20H22N2O3S. The number of thiophene rings is 1. The number of aliphatic hydroxyl groups is 1. The summed E-state index contributed by atoms with van der Waals surface area (Å²) in [6.07, 6.45) is 0.175. The van der Waals surface area contributed by atoms with Crippen molar-refractivity contribution in [2.24, 2.45) is 0 Å². The van der Waals surface area contributed by atoms with E-state index in [9.17, 15) is 15.2 Å². The van der Waals surface area contributed by atoms with Crippen LogP contribution in [0.4, 0.5) is 5.69 Å². The second-order valence-electron chi connectivity index (χ2n) is 6.27. The monoisotopic (exact) mass is 370 g/mol. The van der Waals surface area contributed by atoms with Gasteiger partial charge >= 0.3 is 0 Å². The molecule has 26 heavy (non-hydrogen) atoms. The van der Waals surface area contributed by atoms with Gasteiger partial charge in [-0.05, 0) is 40.9 Å². The Bertz CT molecular complexity index is 893. The molecule has 0 bridgehead atoms. The van der Waals surface area contributed by atoms with Crippen LogP contribution in [0.25, 0.3) is 10.1 Å². The van der Waals surface area contributed by atoms with Crippen molar-refractivity contribution in [1.82, 2.24) is 4.90 Å². The van der Waals surface area contributed by atoms with Crippen molar-refractivity contribution in [1.29, 1.82) is 0 Å². The lowest BCUT2D eigenvalue weighted by Gasteiger charge is -2.23. The van der Waals surface area contributed by atoms with Crippen molar-refractivity contribution in [3.8, 4) is 0 Å². The molecule has 3 rings (SSSR count). The molecule has 1 aromatic heterocycles. The lowest BCUT2D eigenvalue weighted by Crippen LogP contribution is -2.30. The topological polar surface area (TPSA) is 66.6 Å². The van der Waals surface area contributed by atoms with Crippen LogP contribution in [0.2, 0.25) is 0 Å². The largest absolute Gasteiger partial charge is 0.387 e. The maximum absolute atomic E-state index is 10.9. The van der Waals surface area contributed by atoms with Gasteiger partial charge < -0.3 is 10.0 Å². The summed E-state index contributed by atoms with van der Waals surface area (Å²) in [6.45, 7) is 4.17. The number of non-ortho nitro benzene ring substituents is 1. The zero-order valence-corrected chi connectivity index (χ0v) is 15.5. The van der Waals surface area contributed by atoms with Gasteiger partial charge in [0, 0.05) is 29.9 Å². The van der Waals surface area contributed by atoms with Crippen LogP contribution in [-0.2, 0) is 6.42 Å². The van der Waals surface area contributed by atoms with Crippen molar-refractivity contribution in [3.63, 3.8) is 0 Å². The van der Waals surface area contributed by atoms with E-state index in [1.165, 1.54) is 27.8 Å². The summed E-state index contributed by atoms with van der Waals surface area (Å²) in [5.41, 5.74) is 1.92. The van der Waals surface area contributed by atoms with Crippen LogP contribution in [0.15, 0.2) is 53.9 Å². The Kier molecular flexibility index (Phi) is 5.98. The number of rotatable bonds is 8. The first-order valence-electron chi connectivity index (χ1n) is 8.68. The molecule has 6 heteroatoms. The maximum Gasteiger partial charge on any atom is 0.269 e. The van der Waals surface area contributed by atoms with Gasteiger partial charge in [-0.15, -0.1) is 11.3 Å². The standard InChI is InChI=1S/C20H22N2O3S/c1-2-21(11-10-16-14-26-20-9-4-3-8-18(16)20)13-19(23)15-6-5-7-17(12-15)22(24)25/h3-9,12,14,19,23H,2,10-11,13H2,1H3. The van der Waals surface area contributed by atoms with Crippen LogP contribution in [0.5, 0.6) is 0 Å². The molecule has 5 nitrogen and oxygen atoms in total. The van der Waals surface area contributed by atoms with Gasteiger partial charge in [-0.2, -0.15) is 0 Å². The minimum absolute atomic E-state index is 0.00865. The fourth-order valence-corrected chi connectivity index (χ4v) is 4.08. The van der Waals surface area contributed by atoms with Gasteiger partial charge in [-0.25, -0.2) is 0 Å². The highest BCUT2D eigenvalue weighted by atomic mass is 32.1. The number of nitro groups is 1. The molecular weight excluding hydrogens is 348 g/mol. The highest BCUT2D eigenvalue weighted by Crippen LogP contribution is 2.26. The van der Waals surface area contributed by atoms with Gasteiger partial charge in [0.05, 0.1) is 11.0 Å². The molecule has 0 fully saturated rings. The van der Waals surface area contributed by atoms with Crippen molar-refractivity contribution in [3.05, 3.63) is 75.2 Å². The summed E-state index contributed by atoms with van der Waals surface area (Å²) in [6, 6.07) is 14.6. The van der Waals surface area contributed by atoms with E-state index in [2.05, 4.69) is 41.5 Å². The molecule has 1 atom stereocenters. The molecule has 136 valence electrons. The SMILES string of the molecule is CCN(CCc1csc2ccccc12)CC(O)c1cccc([N+](=O)[O-])c1. The number of likely N-dealkylation sites (N-methyl/N-ethyl adjacent to an activating group) is 1. The first-order chi connectivity index (χ1) is 12.6. The fourth-order valence-electron chi connectivity index (χ4n) is 3.08. The normalized spacial score (nSPS) is 12.6. The Morgan fingerprint density at radius 3 is 2.81 bits per heavy atom. The van der Waals surface area contributed by atoms with E-state index >= 15 is 0 Å². The van der Waals surface area contributed by atoms with Crippen LogP contribution in [0.1, 0.15) is 24.2 Å². The number of fused-ring (bicyclic) bond motifs is 1. The van der Waals surface area contributed by atoms with E-state index in [1.807, 2.05) is 0 Å². The zero-order chi connectivity index (χ0) is 18.5. The Morgan fingerprint density at radius 2 is 2.04 bits per heavy atom. The fraction of sp³-hybridized carbons (Fsp3) is 0.300. The third-order valence-corrected chi connectivity index (χ3v) is 5.61. The molecule has 1 heterocycles. The van der Waals surface area contributed by atoms with Crippen LogP contribution >= 0.6 is 11.3 Å². The van der Waals surface area contributed by atoms with Gasteiger partial charge in [-0.3, -0.25) is 10.1 Å². The number of benzene rings is 2. The third-order valence-electron chi connectivity index (χ3n) is 4.60. The lowest BCUT2D eigenvalue weighted by atomic mass is 10.1. The molecule has 0 saturated carbocycles. The molecule has 0 aliphatic rings. The van der Waals surface area contributed by atoms with E-state index in [0.29, 0.717) is 12.1 Å². The first kappa shape index (κ1) is 18.5. The number of nitro benzene ring substituents is 1. The van der Waals surface area contributed by atoms with Crippen molar-refractivity contribution >= 4 is 27.1 Å². The lowest BCUT2D eigenvalue weighted by molar-refractivity contribution is -0.385. The van der Waals surface area contributed by atoms with E-state index in [0.717, 1.165) is 19.5 Å². The molecule has 0 aliphatic heterocycles. The summed E-state index contributed by atoms with van der Waals surface area (Å²) < 4.78 is 1.29. The van der Waals surface area contributed by atoms with Gasteiger partial charge in [0.25, 0.3) is 5.69 Å². The highest BCUT2D eigenvalue weighted by molar-refractivity contribution is 7.17. The Balaban J connectivity index is 1.64. The van der Waals surface area contributed by atoms with Crippen LogP contribution in [0.3, 0.4) is 0 Å². The van der Waals surface area contributed by atoms with Gasteiger partial charge in [0.2, 0.25) is 0 Å². The third kappa shape index (κ3) is 4.27. The maximum atomic E-state index is 10.9. The predicted octanol–water partition coefficient (Wildman–Crippen LogP) is 4.41. The van der Waals surface area contributed by atoms with E-state index in [1.54, 1.807) is 23.5 Å². The van der Waals surface area contributed by atoms with Crippen LogP contribution < -0.4 is 0 Å². The smallest absolute Gasteiger partial charge is 0.269 e. The zero-order valence-electron chi connectivity index (χ0n) is 14.7. The summed E-state index contributed by atoms with van der Waals surface area (Å²) in [4.78, 5) is 12.7. The highest BCUT2D eigenvalue weighted by Gasteiger charge is 2.16. The number of hydrogen-bond donors (Lipinski definition) is 1. The van der Waals surface area contributed by atoms with E-state index < -0.39 is 11.0 Å². The quantitative estimate of drug-likeness (QED) is 0.471. The first-order valence-corrected chi connectivity index (χ1v) is 9.56. The summed E-state index contributed by atoms with van der Waals surface area (Å²) in [7, 11) is 0. The van der Waals surface area contributed by atoms with Gasteiger partial charge in [-0.1, -0.05) is 37.3 Å². The molecule has 1 unspecified atom stereocenters. The molecule has 3 aromatic rings. The predicted molar refractivity (Wildman–Crippen MR) is 106 cm³/mol. The minimum atomic E-state index is -0.742. The average molecular weight is 370 g/mol. The summed E-state index contributed by atoms with van der Waals surface area (Å²) in [5, 5.41) is 24.9. The molecule has 0 radical (unpaired) electrons.